The predicted octanol–water partition coefficient (Wildman–Crippen LogP) is 18.4. The van der Waals surface area contributed by atoms with Gasteiger partial charge < -0.3 is 14.2 Å². The Morgan fingerprint density at radius 3 is 0.942 bits per heavy atom. The van der Waals surface area contributed by atoms with Gasteiger partial charge in [-0.2, -0.15) is 0 Å². The molecule has 6 heteroatoms. The molecule has 0 aliphatic carbocycles. The van der Waals surface area contributed by atoms with Gasteiger partial charge in [0.2, 0.25) is 0 Å². The SMILES string of the molecule is CC/C=C\C/C=C\C/C=C\C/C=C\C/C=C\C/C=C\C/C=C\C/C=C\CCCCC(=O)OCC(COC(=O)CCCCCCCCCCCCC)OC(=O)CC/C=C\C/C=C\C/C=C\C/C=C\CC. The molecule has 0 radical (unpaired) electrons. The van der Waals surface area contributed by atoms with Crippen molar-refractivity contribution in [1.29, 1.82) is 0 Å². The summed E-state index contributed by atoms with van der Waals surface area (Å²) in [5.41, 5.74) is 0. The molecule has 69 heavy (non-hydrogen) atoms. The highest BCUT2D eigenvalue weighted by Gasteiger charge is 2.19. The van der Waals surface area contributed by atoms with Crippen molar-refractivity contribution in [2.45, 2.75) is 219 Å². The van der Waals surface area contributed by atoms with E-state index in [4.69, 9.17) is 14.2 Å². The second kappa shape index (κ2) is 55.9. The Kier molecular flexibility index (Phi) is 52.1. The van der Waals surface area contributed by atoms with E-state index in [9.17, 15) is 14.4 Å². The standard InChI is InChI=1S/C63H98O6/c1-4-7-10-13-16-19-22-24-25-26-27-28-29-30-31-32-33-34-35-36-37-39-41-44-47-50-53-56-62(65)68-59-60(58-67-61(64)55-52-49-46-43-40-21-18-15-12-9-6-3)69-63(66)57-54-51-48-45-42-38-23-20-17-14-11-8-5-2/h7-8,10-11,16-17,19-20,24-25,27-28,30-31,33-34,36-38,41-42,44,48,51,60H,4-6,9,12-15,18,21-23,26,29,32,35,39-40,43,45-47,49-50,52-59H2,1-3H3/b10-7-,11-8-,19-16-,20-17-,25-24-,28-27-,31-30-,34-33-,37-36-,42-38-,44-41-,51-48-. The molecule has 1 atom stereocenters. The lowest BCUT2D eigenvalue weighted by atomic mass is 10.1. The van der Waals surface area contributed by atoms with Crippen LogP contribution in [-0.4, -0.2) is 37.2 Å². The third-order valence-electron chi connectivity index (χ3n) is 10.9. The topological polar surface area (TPSA) is 78.9 Å². The lowest BCUT2D eigenvalue weighted by molar-refractivity contribution is -0.166. The van der Waals surface area contributed by atoms with Crippen LogP contribution in [0.5, 0.6) is 0 Å². The number of allylic oxidation sites excluding steroid dienone is 24. The van der Waals surface area contributed by atoms with Crippen LogP contribution in [0.2, 0.25) is 0 Å². The predicted molar refractivity (Wildman–Crippen MR) is 297 cm³/mol. The van der Waals surface area contributed by atoms with Crippen LogP contribution in [0.3, 0.4) is 0 Å². The van der Waals surface area contributed by atoms with E-state index in [1.807, 2.05) is 12.2 Å². The summed E-state index contributed by atoms with van der Waals surface area (Å²) in [5, 5.41) is 0. The van der Waals surface area contributed by atoms with Gasteiger partial charge in [0.05, 0.1) is 0 Å². The highest BCUT2D eigenvalue weighted by molar-refractivity contribution is 5.71. The van der Waals surface area contributed by atoms with Crippen molar-refractivity contribution in [3.63, 3.8) is 0 Å². The highest BCUT2D eigenvalue weighted by atomic mass is 16.6. The van der Waals surface area contributed by atoms with Crippen LogP contribution < -0.4 is 0 Å². The van der Waals surface area contributed by atoms with E-state index in [-0.39, 0.29) is 38.0 Å². The molecular weight excluding hydrogens is 853 g/mol. The first-order chi connectivity index (χ1) is 34.0. The summed E-state index contributed by atoms with van der Waals surface area (Å²) in [4.78, 5) is 37.9. The summed E-state index contributed by atoms with van der Waals surface area (Å²) in [6.45, 7) is 6.28. The molecule has 0 saturated heterocycles. The molecule has 0 spiro atoms. The van der Waals surface area contributed by atoms with Crippen LogP contribution >= 0.6 is 0 Å². The quantitative estimate of drug-likeness (QED) is 0.0262. The lowest BCUT2D eigenvalue weighted by Gasteiger charge is -2.18. The Balaban J connectivity index is 4.46. The number of hydrogen-bond acceptors (Lipinski definition) is 6. The zero-order valence-electron chi connectivity index (χ0n) is 44.0. The fourth-order valence-corrected chi connectivity index (χ4v) is 6.82. The Bertz CT molecular complexity index is 1560. The maximum Gasteiger partial charge on any atom is 0.306 e. The number of ether oxygens (including phenoxy) is 3. The molecule has 0 amide bonds. The molecule has 0 fully saturated rings. The molecule has 0 rings (SSSR count). The van der Waals surface area contributed by atoms with Crippen molar-refractivity contribution >= 4 is 17.9 Å². The minimum atomic E-state index is -0.837. The van der Waals surface area contributed by atoms with Gasteiger partial charge in [-0.05, 0) is 109 Å². The number of hydrogen-bond donors (Lipinski definition) is 0. The Morgan fingerprint density at radius 1 is 0.304 bits per heavy atom. The van der Waals surface area contributed by atoms with Gasteiger partial charge in [-0.15, -0.1) is 0 Å². The third kappa shape index (κ3) is 54.1. The molecule has 0 saturated carbocycles. The first-order valence-corrected chi connectivity index (χ1v) is 27.3. The minimum absolute atomic E-state index is 0.125. The van der Waals surface area contributed by atoms with E-state index >= 15 is 0 Å². The summed E-state index contributed by atoms with van der Waals surface area (Å²) in [7, 11) is 0. The van der Waals surface area contributed by atoms with Crippen molar-refractivity contribution in [2.24, 2.45) is 0 Å². The summed E-state index contributed by atoms with van der Waals surface area (Å²) in [5.74, 6) is -1.06. The minimum Gasteiger partial charge on any atom is -0.462 e. The Labute approximate surface area is 423 Å². The number of esters is 3. The zero-order chi connectivity index (χ0) is 50.0. The average molecular weight is 951 g/mol. The van der Waals surface area contributed by atoms with Crippen molar-refractivity contribution in [3.8, 4) is 0 Å². The van der Waals surface area contributed by atoms with Crippen molar-refractivity contribution < 1.29 is 28.6 Å². The normalized spacial score (nSPS) is 13.3. The summed E-state index contributed by atoms with van der Waals surface area (Å²) < 4.78 is 16.7. The molecule has 0 bridgehead atoms. The molecular formula is C63H98O6. The molecule has 0 heterocycles. The largest absolute Gasteiger partial charge is 0.462 e. The molecule has 0 N–H and O–H groups in total. The van der Waals surface area contributed by atoms with E-state index < -0.39 is 12.1 Å². The first kappa shape index (κ1) is 64.3. The second-order valence-electron chi connectivity index (χ2n) is 17.4. The molecule has 0 aromatic carbocycles. The molecule has 6 nitrogen and oxygen atoms in total. The van der Waals surface area contributed by atoms with Gasteiger partial charge in [-0.1, -0.05) is 231 Å². The van der Waals surface area contributed by atoms with Gasteiger partial charge in [-0.25, -0.2) is 0 Å². The maximum absolute atomic E-state index is 12.7. The number of rotatable bonds is 47. The molecule has 0 aromatic rings. The van der Waals surface area contributed by atoms with E-state index in [0.29, 0.717) is 19.3 Å². The smallest absolute Gasteiger partial charge is 0.306 e. The zero-order valence-corrected chi connectivity index (χ0v) is 44.0. The van der Waals surface area contributed by atoms with E-state index in [2.05, 4.69) is 154 Å². The first-order valence-electron chi connectivity index (χ1n) is 27.3. The fourth-order valence-electron chi connectivity index (χ4n) is 6.82. The van der Waals surface area contributed by atoms with E-state index in [1.165, 1.54) is 51.4 Å². The Hall–Kier alpha value is -4.71. The molecule has 0 aromatic heterocycles. The molecule has 0 aliphatic heterocycles. The van der Waals surface area contributed by atoms with Gasteiger partial charge >= 0.3 is 17.9 Å². The van der Waals surface area contributed by atoms with Crippen LogP contribution in [0, 0.1) is 0 Å². The second-order valence-corrected chi connectivity index (χ2v) is 17.4. The van der Waals surface area contributed by atoms with Crippen LogP contribution in [0.1, 0.15) is 213 Å². The number of carbonyl (C=O) groups excluding carboxylic acids is 3. The third-order valence-corrected chi connectivity index (χ3v) is 10.9. The van der Waals surface area contributed by atoms with Crippen molar-refractivity contribution in [2.75, 3.05) is 13.2 Å². The van der Waals surface area contributed by atoms with E-state index in [0.717, 1.165) is 109 Å². The van der Waals surface area contributed by atoms with Crippen LogP contribution in [0.25, 0.3) is 0 Å². The van der Waals surface area contributed by atoms with Gasteiger partial charge in [0.1, 0.15) is 13.2 Å². The van der Waals surface area contributed by atoms with E-state index in [1.54, 1.807) is 0 Å². The maximum atomic E-state index is 12.7. The molecule has 1 unspecified atom stereocenters. The molecule has 0 aliphatic rings. The van der Waals surface area contributed by atoms with Gasteiger partial charge in [0.25, 0.3) is 0 Å². The molecule has 386 valence electrons. The van der Waals surface area contributed by atoms with Crippen molar-refractivity contribution in [3.05, 3.63) is 146 Å². The van der Waals surface area contributed by atoms with Crippen LogP contribution in [0.15, 0.2) is 146 Å². The van der Waals surface area contributed by atoms with Gasteiger partial charge in [0.15, 0.2) is 6.10 Å². The average Bonchev–Trinajstić information content (AvgIpc) is 3.35. The lowest BCUT2D eigenvalue weighted by Crippen LogP contribution is -2.30. The van der Waals surface area contributed by atoms with Crippen LogP contribution in [0.4, 0.5) is 0 Å². The van der Waals surface area contributed by atoms with Gasteiger partial charge in [-0.3, -0.25) is 14.4 Å². The van der Waals surface area contributed by atoms with Crippen LogP contribution in [-0.2, 0) is 28.6 Å². The fraction of sp³-hybridized carbons (Fsp3) is 0.571. The number of carbonyl (C=O) groups is 3. The summed E-state index contributed by atoms with van der Waals surface area (Å²) in [6.07, 6.45) is 80.0. The number of unbranched alkanes of at least 4 members (excludes halogenated alkanes) is 12. The van der Waals surface area contributed by atoms with Crippen molar-refractivity contribution in [1.82, 2.24) is 0 Å². The van der Waals surface area contributed by atoms with Gasteiger partial charge in [0, 0.05) is 19.3 Å². The Morgan fingerprint density at radius 2 is 0.594 bits per heavy atom. The summed E-state index contributed by atoms with van der Waals surface area (Å²) >= 11 is 0. The monoisotopic (exact) mass is 951 g/mol. The summed E-state index contributed by atoms with van der Waals surface area (Å²) in [6, 6.07) is 0. The highest BCUT2D eigenvalue weighted by Crippen LogP contribution is 2.13.